The Balaban J connectivity index is 2.25. The number of nitrogens with one attached hydrogen (secondary N) is 1. The van der Waals surface area contributed by atoms with E-state index in [4.69, 9.17) is 5.11 Å². The third-order valence-electron chi connectivity index (χ3n) is 3.60. The first-order valence-corrected chi connectivity index (χ1v) is 7.17. The van der Waals surface area contributed by atoms with E-state index in [1.807, 2.05) is 22.6 Å². The molecule has 5 heteroatoms. The Morgan fingerprint density at radius 1 is 1.36 bits per heavy atom. The van der Waals surface area contributed by atoms with Gasteiger partial charge in [-0.1, -0.05) is 30.9 Å². The van der Waals surface area contributed by atoms with Crippen LogP contribution in [0.2, 0.25) is 0 Å². The van der Waals surface area contributed by atoms with Crippen LogP contribution in [0.4, 0.5) is 0 Å². The molecule has 2 heterocycles. The molecule has 0 atom stereocenters. The molecule has 5 nitrogen and oxygen atoms in total. The highest BCUT2D eigenvalue weighted by atomic mass is 16.3. The summed E-state index contributed by atoms with van der Waals surface area (Å²) in [6.45, 7) is 6.47. The summed E-state index contributed by atoms with van der Waals surface area (Å²) in [5, 5.41) is 21.7. The molecule has 0 radical (unpaired) electrons. The quantitative estimate of drug-likeness (QED) is 0.560. The van der Waals surface area contributed by atoms with Crippen LogP contribution in [-0.2, 0) is 0 Å². The van der Waals surface area contributed by atoms with E-state index in [0.29, 0.717) is 6.54 Å². The average Bonchev–Trinajstić information content (AvgIpc) is 2.96. The molecule has 0 bridgehead atoms. The van der Waals surface area contributed by atoms with Crippen molar-refractivity contribution in [2.24, 2.45) is 0 Å². The summed E-state index contributed by atoms with van der Waals surface area (Å²) in [7, 11) is 0. The lowest BCUT2D eigenvalue weighted by molar-refractivity contribution is 0.298. The van der Waals surface area contributed by atoms with Crippen molar-refractivity contribution in [3.05, 3.63) is 60.6 Å². The van der Waals surface area contributed by atoms with Gasteiger partial charge in [0.05, 0.1) is 12.1 Å². The molecule has 0 amide bonds. The molecule has 0 aliphatic rings. The van der Waals surface area contributed by atoms with Crippen molar-refractivity contribution in [3.63, 3.8) is 0 Å². The molecule has 0 aliphatic carbocycles. The summed E-state index contributed by atoms with van der Waals surface area (Å²) in [6.07, 6.45) is 3.53. The van der Waals surface area contributed by atoms with E-state index >= 15 is 0 Å². The Kier molecular flexibility index (Phi) is 3.89. The fourth-order valence-electron chi connectivity index (χ4n) is 2.55. The van der Waals surface area contributed by atoms with Gasteiger partial charge >= 0.3 is 0 Å². The van der Waals surface area contributed by atoms with Gasteiger partial charge < -0.3 is 10.4 Å². The van der Waals surface area contributed by atoms with Gasteiger partial charge in [-0.05, 0) is 24.6 Å². The van der Waals surface area contributed by atoms with Gasteiger partial charge in [-0.3, -0.25) is 4.40 Å². The highest BCUT2D eigenvalue weighted by molar-refractivity contribution is 5.87. The molecular weight excluding hydrogens is 276 g/mol. The molecule has 3 aromatic rings. The van der Waals surface area contributed by atoms with E-state index in [2.05, 4.69) is 41.1 Å². The molecule has 2 aromatic heterocycles. The number of hydrogen-bond donors (Lipinski definition) is 2. The highest BCUT2D eigenvalue weighted by Crippen LogP contribution is 2.24. The zero-order valence-corrected chi connectivity index (χ0v) is 12.5. The zero-order chi connectivity index (χ0) is 15.5. The van der Waals surface area contributed by atoms with E-state index in [-0.39, 0.29) is 6.61 Å². The monoisotopic (exact) mass is 294 g/mol. The molecule has 3 rings (SSSR count). The molecule has 22 heavy (non-hydrogen) atoms. The standard InChI is InChI=1S/C17H18N4O/c1-3-13(11-18-8-9-22)17-20-19-16-10-12(2)14-6-4-5-7-15(14)21(16)17/h3-7,10-11,18,22H,1,8-9H2,2H3/b13-11-. The number of aliphatic hydroxyl groups is 1. The van der Waals surface area contributed by atoms with Crippen molar-refractivity contribution in [3.8, 4) is 0 Å². The number of rotatable bonds is 5. The first kappa shape index (κ1) is 14.3. The smallest absolute Gasteiger partial charge is 0.170 e. The van der Waals surface area contributed by atoms with E-state index < -0.39 is 0 Å². The lowest BCUT2D eigenvalue weighted by Crippen LogP contribution is -2.11. The van der Waals surface area contributed by atoms with Crippen molar-refractivity contribution in [1.82, 2.24) is 19.9 Å². The third kappa shape index (κ3) is 2.35. The van der Waals surface area contributed by atoms with Crippen molar-refractivity contribution in [1.29, 1.82) is 0 Å². The number of para-hydroxylation sites is 1. The fraction of sp³-hybridized carbons (Fsp3) is 0.176. The second-order valence-electron chi connectivity index (χ2n) is 5.04. The number of hydrogen-bond acceptors (Lipinski definition) is 4. The summed E-state index contributed by atoms with van der Waals surface area (Å²) in [5.41, 5.74) is 3.87. The number of fused-ring (bicyclic) bond motifs is 3. The molecule has 0 unspecified atom stereocenters. The van der Waals surface area contributed by atoms with Crippen LogP contribution in [0.25, 0.3) is 22.1 Å². The summed E-state index contributed by atoms with van der Waals surface area (Å²) >= 11 is 0. The van der Waals surface area contributed by atoms with Crippen molar-refractivity contribution in [2.75, 3.05) is 13.2 Å². The predicted molar refractivity (Wildman–Crippen MR) is 88.5 cm³/mol. The Labute approximate surface area is 128 Å². The molecule has 0 spiro atoms. The van der Waals surface area contributed by atoms with E-state index in [1.54, 1.807) is 12.3 Å². The summed E-state index contributed by atoms with van der Waals surface area (Å²) in [4.78, 5) is 0. The van der Waals surface area contributed by atoms with Crippen LogP contribution in [-0.4, -0.2) is 32.9 Å². The maximum Gasteiger partial charge on any atom is 0.170 e. The van der Waals surface area contributed by atoms with Gasteiger partial charge in [0, 0.05) is 23.7 Å². The largest absolute Gasteiger partial charge is 0.395 e. The number of aliphatic hydroxyl groups excluding tert-OH is 1. The van der Waals surface area contributed by atoms with Gasteiger partial charge in [-0.25, -0.2) is 0 Å². The summed E-state index contributed by atoms with van der Waals surface area (Å²) in [6, 6.07) is 10.2. The minimum Gasteiger partial charge on any atom is -0.395 e. The van der Waals surface area contributed by atoms with Crippen LogP contribution in [0, 0.1) is 6.92 Å². The molecule has 0 saturated heterocycles. The molecule has 0 aliphatic heterocycles. The lowest BCUT2D eigenvalue weighted by atomic mass is 10.1. The minimum absolute atomic E-state index is 0.0730. The van der Waals surface area contributed by atoms with Crippen molar-refractivity contribution < 1.29 is 5.11 Å². The zero-order valence-electron chi connectivity index (χ0n) is 12.5. The first-order chi connectivity index (χ1) is 10.8. The summed E-state index contributed by atoms with van der Waals surface area (Å²) in [5.74, 6) is 0.728. The van der Waals surface area contributed by atoms with Crippen LogP contribution in [0.1, 0.15) is 11.4 Å². The van der Waals surface area contributed by atoms with Crippen LogP contribution < -0.4 is 5.32 Å². The number of aryl methyl sites for hydroxylation is 1. The number of nitrogens with zero attached hydrogens (tertiary/aromatic N) is 3. The second-order valence-corrected chi connectivity index (χ2v) is 5.04. The van der Waals surface area contributed by atoms with Gasteiger partial charge in [0.25, 0.3) is 0 Å². The highest BCUT2D eigenvalue weighted by Gasteiger charge is 2.12. The number of aromatic nitrogens is 3. The van der Waals surface area contributed by atoms with Crippen molar-refractivity contribution >= 4 is 22.1 Å². The Morgan fingerprint density at radius 2 is 2.18 bits per heavy atom. The lowest BCUT2D eigenvalue weighted by Gasteiger charge is -2.08. The molecule has 1 aromatic carbocycles. The van der Waals surface area contributed by atoms with Crippen LogP contribution in [0.3, 0.4) is 0 Å². The maximum atomic E-state index is 8.88. The normalized spacial score (nSPS) is 12.0. The average molecular weight is 294 g/mol. The van der Waals surface area contributed by atoms with Crippen LogP contribution in [0.15, 0.2) is 49.2 Å². The van der Waals surface area contributed by atoms with Crippen LogP contribution >= 0.6 is 0 Å². The topological polar surface area (TPSA) is 62.5 Å². The fourth-order valence-corrected chi connectivity index (χ4v) is 2.55. The SMILES string of the molecule is C=C/C(=C/NCCO)c1nnc2cc(C)c3ccccc3n12. The minimum atomic E-state index is 0.0730. The van der Waals surface area contributed by atoms with E-state index in [9.17, 15) is 0 Å². The Morgan fingerprint density at radius 3 is 2.95 bits per heavy atom. The Bertz CT molecular complexity index is 864. The van der Waals surface area contributed by atoms with E-state index in [1.165, 1.54) is 10.9 Å². The molecular formula is C17H18N4O. The second kappa shape index (κ2) is 5.99. The van der Waals surface area contributed by atoms with Crippen LogP contribution in [0.5, 0.6) is 0 Å². The van der Waals surface area contributed by atoms with Gasteiger partial charge in [-0.2, -0.15) is 0 Å². The first-order valence-electron chi connectivity index (χ1n) is 7.17. The van der Waals surface area contributed by atoms with Gasteiger partial charge in [0.1, 0.15) is 0 Å². The molecule has 0 fully saturated rings. The molecule has 112 valence electrons. The predicted octanol–water partition coefficient (Wildman–Crippen LogP) is 2.30. The third-order valence-corrected chi connectivity index (χ3v) is 3.60. The number of benzene rings is 1. The van der Waals surface area contributed by atoms with Gasteiger partial charge in [-0.15, -0.1) is 10.2 Å². The number of pyridine rings is 1. The molecule has 2 N–H and O–H groups in total. The van der Waals surface area contributed by atoms with Gasteiger partial charge in [0.15, 0.2) is 11.5 Å². The summed E-state index contributed by atoms with van der Waals surface area (Å²) < 4.78 is 2.02. The van der Waals surface area contributed by atoms with E-state index in [0.717, 1.165) is 22.6 Å². The van der Waals surface area contributed by atoms with Crippen molar-refractivity contribution in [2.45, 2.75) is 6.92 Å². The van der Waals surface area contributed by atoms with Gasteiger partial charge in [0.2, 0.25) is 0 Å². The maximum absolute atomic E-state index is 8.88. The Hall–Kier alpha value is -2.66. The number of allylic oxidation sites excluding steroid dienone is 2. The molecule has 0 saturated carbocycles.